The third kappa shape index (κ3) is 3.31. The molecule has 0 spiro atoms. The van der Waals surface area contributed by atoms with Gasteiger partial charge in [0.2, 0.25) is 5.91 Å². The Kier molecular flexibility index (Phi) is 4.65. The van der Waals surface area contributed by atoms with Gasteiger partial charge >= 0.3 is 5.97 Å². The smallest absolute Gasteiger partial charge is 0.339 e. The molecule has 1 unspecified atom stereocenters. The topological polar surface area (TPSA) is 90.3 Å². The number of nitrogens with zero attached hydrogens (tertiary/aromatic N) is 2. The number of hydrogen-bond acceptors (Lipinski definition) is 5. The van der Waals surface area contributed by atoms with Crippen molar-refractivity contribution in [2.75, 3.05) is 12.4 Å². The van der Waals surface area contributed by atoms with E-state index in [1.807, 2.05) is 0 Å². The maximum Gasteiger partial charge on any atom is 0.339 e. The molecule has 25 heavy (non-hydrogen) atoms. The van der Waals surface area contributed by atoms with E-state index in [0.29, 0.717) is 5.69 Å². The molecule has 7 nitrogen and oxygen atoms in total. The van der Waals surface area contributed by atoms with Gasteiger partial charge in [-0.1, -0.05) is 12.1 Å². The summed E-state index contributed by atoms with van der Waals surface area (Å²) in [6, 6.07) is 7.30. The van der Waals surface area contributed by atoms with Crippen LogP contribution >= 0.6 is 0 Å². The number of esters is 1. The molecule has 1 N–H and O–H groups in total. The number of carbonyl (C=O) groups is 2. The number of hydrogen-bond donors (Lipinski definition) is 1. The summed E-state index contributed by atoms with van der Waals surface area (Å²) < 4.78 is 5.91. The van der Waals surface area contributed by atoms with Crippen molar-refractivity contribution in [3.05, 3.63) is 57.5 Å². The zero-order valence-electron chi connectivity index (χ0n) is 14.1. The number of para-hydroxylation sites is 1. The second kappa shape index (κ2) is 6.88. The molecule has 130 valence electrons. The van der Waals surface area contributed by atoms with Gasteiger partial charge in [0.05, 0.1) is 24.1 Å². The highest BCUT2D eigenvalue weighted by Crippen LogP contribution is 2.20. The fourth-order valence-corrected chi connectivity index (χ4v) is 2.92. The zero-order chi connectivity index (χ0) is 18.0. The normalized spacial score (nSPS) is 13.8. The highest BCUT2D eigenvalue weighted by atomic mass is 16.5. The highest BCUT2D eigenvalue weighted by molar-refractivity contribution is 6.02. The van der Waals surface area contributed by atoms with Gasteiger partial charge in [0, 0.05) is 6.07 Å². The number of aromatic nitrogens is 2. The number of nitrogens with one attached hydrogen (secondary N) is 1. The number of fused-ring (bicyclic) bond motifs is 1. The van der Waals surface area contributed by atoms with Crippen molar-refractivity contribution >= 4 is 17.6 Å². The lowest BCUT2D eigenvalue weighted by Gasteiger charge is -2.16. The summed E-state index contributed by atoms with van der Waals surface area (Å²) in [6.07, 6.45) is 2.64. The number of amides is 1. The molecule has 1 aromatic carbocycles. The van der Waals surface area contributed by atoms with Gasteiger partial charge in [-0.3, -0.25) is 9.59 Å². The Balaban J connectivity index is 1.85. The van der Waals surface area contributed by atoms with E-state index < -0.39 is 17.9 Å². The molecule has 1 amide bonds. The van der Waals surface area contributed by atoms with Crippen molar-refractivity contribution in [3.8, 4) is 0 Å². The Morgan fingerprint density at radius 3 is 2.80 bits per heavy atom. The lowest BCUT2D eigenvalue weighted by molar-refractivity contribution is -0.119. The van der Waals surface area contributed by atoms with Crippen LogP contribution in [0.5, 0.6) is 0 Å². The molecule has 0 fully saturated rings. The fraction of sp³-hybridized carbons (Fsp3) is 0.333. The summed E-state index contributed by atoms with van der Waals surface area (Å²) in [4.78, 5) is 36.6. The molecule has 7 heteroatoms. The maximum absolute atomic E-state index is 12.6. The summed E-state index contributed by atoms with van der Waals surface area (Å²) in [5.74, 6) is -0.972. The van der Waals surface area contributed by atoms with Gasteiger partial charge in [-0.2, -0.15) is 5.10 Å². The third-order valence-corrected chi connectivity index (χ3v) is 4.32. The van der Waals surface area contributed by atoms with E-state index in [9.17, 15) is 14.4 Å². The molecule has 1 aliphatic rings. The largest absolute Gasteiger partial charge is 0.465 e. The van der Waals surface area contributed by atoms with Crippen molar-refractivity contribution in [3.63, 3.8) is 0 Å². The molecule has 2 aromatic rings. The molecule has 0 radical (unpaired) electrons. The molecule has 0 aliphatic heterocycles. The molecule has 0 saturated heterocycles. The van der Waals surface area contributed by atoms with Crippen molar-refractivity contribution in [2.24, 2.45) is 0 Å². The second-order valence-corrected chi connectivity index (χ2v) is 5.96. The van der Waals surface area contributed by atoms with E-state index in [-0.39, 0.29) is 11.1 Å². The summed E-state index contributed by atoms with van der Waals surface area (Å²) in [7, 11) is 1.28. The van der Waals surface area contributed by atoms with Gasteiger partial charge in [-0.25, -0.2) is 9.48 Å². The number of aryl methyl sites for hydroxylation is 2. The van der Waals surface area contributed by atoms with Crippen LogP contribution in [-0.4, -0.2) is 28.8 Å². The molecule has 1 atom stereocenters. The first kappa shape index (κ1) is 16.9. The van der Waals surface area contributed by atoms with Crippen molar-refractivity contribution < 1.29 is 14.3 Å². The molecular weight excluding hydrogens is 322 g/mol. The predicted molar refractivity (Wildman–Crippen MR) is 91.6 cm³/mol. The molecule has 1 aliphatic carbocycles. The minimum absolute atomic E-state index is 0.250. The van der Waals surface area contributed by atoms with Crippen LogP contribution < -0.4 is 10.9 Å². The number of ether oxygens (including phenoxy) is 1. The van der Waals surface area contributed by atoms with E-state index in [2.05, 4.69) is 10.4 Å². The first-order valence-corrected chi connectivity index (χ1v) is 8.11. The van der Waals surface area contributed by atoms with Crippen molar-refractivity contribution in [2.45, 2.75) is 32.2 Å². The standard InChI is InChI=1S/C18H19N3O4/c1-11(21-16(22)10-12-6-5-9-14(12)20-21)17(23)19-15-8-4-3-7-13(15)18(24)25-2/h3-4,7-8,10-11H,5-6,9H2,1-2H3,(H,19,23). The summed E-state index contributed by atoms with van der Waals surface area (Å²) in [5, 5.41) is 7.02. The van der Waals surface area contributed by atoms with E-state index in [0.717, 1.165) is 30.5 Å². The first-order chi connectivity index (χ1) is 12.0. The van der Waals surface area contributed by atoms with Crippen LogP contribution in [0, 0.1) is 0 Å². The Hall–Kier alpha value is -2.96. The zero-order valence-corrected chi connectivity index (χ0v) is 14.1. The predicted octanol–water partition coefficient (Wildman–Crippen LogP) is 1.72. The van der Waals surface area contributed by atoms with Gasteiger partial charge in [0.1, 0.15) is 6.04 Å². The molecule has 0 bridgehead atoms. The van der Waals surface area contributed by atoms with Crippen LogP contribution in [-0.2, 0) is 22.4 Å². The van der Waals surface area contributed by atoms with Gasteiger partial charge < -0.3 is 10.1 Å². The molecule has 1 heterocycles. The Morgan fingerprint density at radius 1 is 1.28 bits per heavy atom. The number of benzene rings is 1. The lowest BCUT2D eigenvalue weighted by Crippen LogP contribution is -2.34. The molecular formula is C18H19N3O4. The second-order valence-electron chi connectivity index (χ2n) is 5.96. The summed E-state index contributed by atoms with van der Waals surface area (Å²) in [6.45, 7) is 1.60. The quantitative estimate of drug-likeness (QED) is 0.855. The molecule has 1 aromatic heterocycles. The van der Waals surface area contributed by atoms with Gasteiger partial charge in [0.15, 0.2) is 0 Å². The van der Waals surface area contributed by atoms with E-state index in [1.165, 1.54) is 11.8 Å². The Morgan fingerprint density at radius 2 is 2.04 bits per heavy atom. The average Bonchev–Trinajstić information content (AvgIpc) is 3.07. The van der Waals surface area contributed by atoms with Crippen molar-refractivity contribution in [1.29, 1.82) is 0 Å². The first-order valence-electron chi connectivity index (χ1n) is 8.11. The third-order valence-electron chi connectivity index (χ3n) is 4.32. The van der Waals surface area contributed by atoms with E-state index >= 15 is 0 Å². The van der Waals surface area contributed by atoms with Crippen LogP contribution in [0.3, 0.4) is 0 Å². The summed E-state index contributed by atoms with van der Waals surface area (Å²) in [5.41, 5.74) is 2.11. The summed E-state index contributed by atoms with van der Waals surface area (Å²) >= 11 is 0. The van der Waals surface area contributed by atoms with Crippen LogP contribution in [0.25, 0.3) is 0 Å². The van der Waals surface area contributed by atoms with Gasteiger partial charge in [-0.15, -0.1) is 0 Å². The fourth-order valence-electron chi connectivity index (χ4n) is 2.92. The minimum atomic E-state index is -0.802. The number of carbonyl (C=O) groups excluding carboxylic acids is 2. The van der Waals surface area contributed by atoms with Crippen molar-refractivity contribution in [1.82, 2.24) is 9.78 Å². The lowest BCUT2D eigenvalue weighted by atomic mass is 10.1. The average molecular weight is 341 g/mol. The SMILES string of the molecule is COC(=O)c1ccccc1NC(=O)C(C)n1nc2c(cc1=O)CCC2. The van der Waals surface area contributed by atoms with Crippen LogP contribution in [0.4, 0.5) is 5.69 Å². The van der Waals surface area contributed by atoms with Crippen LogP contribution in [0.2, 0.25) is 0 Å². The van der Waals surface area contributed by atoms with Gasteiger partial charge in [-0.05, 0) is 43.9 Å². The minimum Gasteiger partial charge on any atom is -0.465 e. The van der Waals surface area contributed by atoms with E-state index in [4.69, 9.17) is 4.74 Å². The molecule has 0 saturated carbocycles. The Labute approximate surface area is 144 Å². The number of methoxy groups -OCH3 is 1. The Bertz CT molecular complexity index is 888. The monoisotopic (exact) mass is 341 g/mol. The molecule has 3 rings (SSSR count). The maximum atomic E-state index is 12.6. The van der Waals surface area contributed by atoms with Crippen LogP contribution in [0.15, 0.2) is 35.1 Å². The number of anilines is 1. The van der Waals surface area contributed by atoms with E-state index in [1.54, 1.807) is 37.3 Å². The highest BCUT2D eigenvalue weighted by Gasteiger charge is 2.22. The number of rotatable bonds is 4. The van der Waals surface area contributed by atoms with Crippen LogP contribution in [0.1, 0.15) is 41.0 Å². The van der Waals surface area contributed by atoms with Gasteiger partial charge in [0.25, 0.3) is 5.56 Å².